The summed E-state index contributed by atoms with van der Waals surface area (Å²) in [7, 11) is -2.69. The first-order valence-electron chi connectivity index (χ1n) is 11.0. The van der Waals surface area contributed by atoms with Crippen LogP contribution in [0, 0.1) is 11.7 Å². The third kappa shape index (κ3) is 5.64. The van der Waals surface area contributed by atoms with Crippen LogP contribution in [-0.4, -0.2) is 42.6 Å². The van der Waals surface area contributed by atoms with Crippen molar-refractivity contribution in [1.82, 2.24) is 9.97 Å². The molecule has 1 saturated heterocycles. The van der Waals surface area contributed by atoms with Crippen LogP contribution in [0.2, 0.25) is 0 Å². The third-order valence-electron chi connectivity index (χ3n) is 5.96. The second-order valence-corrected chi connectivity index (χ2v) is 9.37. The van der Waals surface area contributed by atoms with E-state index in [1.165, 1.54) is 48.5 Å². The number of alkyl halides is 3. The van der Waals surface area contributed by atoms with Crippen molar-refractivity contribution in [2.75, 3.05) is 18.0 Å². The van der Waals surface area contributed by atoms with Gasteiger partial charge in [-0.05, 0) is 36.1 Å². The highest BCUT2D eigenvalue weighted by Crippen LogP contribution is 2.41. The lowest BCUT2D eigenvalue weighted by molar-refractivity contribution is -0.144. The van der Waals surface area contributed by atoms with Gasteiger partial charge in [-0.2, -0.15) is 13.2 Å². The molecule has 0 aliphatic carbocycles. The van der Waals surface area contributed by atoms with Gasteiger partial charge in [0.15, 0.2) is 0 Å². The summed E-state index contributed by atoms with van der Waals surface area (Å²) in [5.74, 6) is -3.73. The highest BCUT2D eigenvalue weighted by atomic mass is 32.2. The molecule has 1 aliphatic rings. The average molecular weight is 524 g/mol. The number of aromatic nitrogens is 2. The van der Waals surface area contributed by atoms with E-state index in [4.69, 9.17) is 0 Å². The number of hydrogen-bond acceptors (Lipinski definition) is 6. The number of hydrogen-bond donors (Lipinski definition) is 2. The maximum absolute atomic E-state index is 13.9. The molecule has 0 atom stereocenters. The minimum absolute atomic E-state index is 0.0329. The van der Waals surface area contributed by atoms with E-state index in [9.17, 15) is 35.9 Å². The van der Waals surface area contributed by atoms with Crippen LogP contribution in [0.25, 0.3) is 22.4 Å². The van der Waals surface area contributed by atoms with E-state index >= 15 is 0 Å². The number of aliphatic carboxylic acids is 1. The van der Waals surface area contributed by atoms with Crippen molar-refractivity contribution in [2.24, 2.45) is 5.92 Å². The molecule has 0 radical (unpaired) electrons. The Bertz CT molecular complexity index is 1330. The fourth-order valence-electron chi connectivity index (χ4n) is 4.15. The van der Waals surface area contributed by atoms with Gasteiger partial charge in [-0.25, -0.2) is 22.8 Å². The van der Waals surface area contributed by atoms with Crippen molar-refractivity contribution in [3.8, 4) is 22.4 Å². The van der Waals surface area contributed by atoms with Gasteiger partial charge < -0.3 is 10.0 Å². The van der Waals surface area contributed by atoms with E-state index in [1.807, 2.05) is 0 Å². The number of carboxylic acid groups (broad SMARTS) is 1. The molecule has 7 nitrogen and oxygen atoms in total. The first-order valence-corrected chi connectivity index (χ1v) is 12.3. The molecule has 36 heavy (non-hydrogen) atoms. The molecular formula is C24H21F4N3O4S. The Hall–Kier alpha value is -3.54. The van der Waals surface area contributed by atoms with E-state index in [2.05, 4.69) is 9.97 Å². The van der Waals surface area contributed by atoms with E-state index in [-0.39, 0.29) is 54.3 Å². The van der Waals surface area contributed by atoms with Gasteiger partial charge in [0, 0.05) is 18.7 Å². The second-order valence-electron chi connectivity index (χ2n) is 8.39. The normalized spacial score (nSPS) is 14.9. The van der Waals surface area contributed by atoms with Gasteiger partial charge in [0.25, 0.3) is 0 Å². The summed E-state index contributed by atoms with van der Waals surface area (Å²) in [6.07, 6.45) is -4.42. The average Bonchev–Trinajstić information content (AvgIpc) is 2.83. The van der Waals surface area contributed by atoms with Crippen LogP contribution in [0.5, 0.6) is 0 Å². The van der Waals surface area contributed by atoms with E-state index < -0.39 is 40.4 Å². The van der Waals surface area contributed by atoms with Crippen molar-refractivity contribution in [2.45, 2.75) is 24.8 Å². The zero-order chi connectivity index (χ0) is 26.0. The Morgan fingerprint density at radius 3 is 2.08 bits per heavy atom. The molecule has 1 N–H and O–H groups in total. The molecule has 1 aliphatic heterocycles. The van der Waals surface area contributed by atoms with E-state index in [0.29, 0.717) is 11.1 Å². The van der Waals surface area contributed by atoms with Crippen molar-refractivity contribution >= 4 is 22.5 Å². The Labute approximate surface area is 205 Å². The number of carboxylic acids is 1. The van der Waals surface area contributed by atoms with Crippen LogP contribution in [0.15, 0.2) is 48.5 Å². The van der Waals surface area contributed by atoms with Crippen molar-refractivity contribution in [3.63, 3.8) is 0 Å². The monoisotopic (exact) mass is 523 g/mol. The number of rotatable bonds is 6. The lowest BCUT2D eigenvalue weighted by atomic mass is 9.94. The van der Waals surface area contributed by atoms with Crippen molar-refractivity contribution < 1.29 is 35.9 Å². The first-order chi connectivity index (χ1) is 17.0. The largest absolute Gasteiger partial charge is 0.481 e. The maximum Gasteiger partial charge on any atom is 0.451 e. The molecule has 2 aromatic carbocycles. The minimum Gasteiger partial charge on any atom is -0.481 e. The Kier molecular flexibility index (Phi) is 7.25. The maximum atomic E-state index is 13.9. The summed E-state index contributed by atoms with van der Waals surface area (Å²) in [5.41, 5.74) is 1.30. The number of thiol groups is 1. The molecule has 0 bridgehead atoms. The van der Waals surface area contributed by atoms with Gasteiger partial charge in [-0.15, -0.1) is 0 Å². The van der Waals surface area contributed by atoms with Gasteiger partial charge in [-0.1, -0.05) is 36.4 Å². The van der Waals surface area contributed by atoms with Gasteiger partial charge in [0.05, 0.1) is 22.9 Å². The van der Waals surface area contributed by atoms with Crippen LogP contribution >= 0.6 is 0 Å². The van der Waals surface area contributed by atoms with Crippen LogP contribution in [0.3, 0.4) is 0 Å². The highest BCUT2D eigenvalue weighted by Gasteiger charge is 2.38. The van der Waals surface area contributed by atoms with E-state index in [1.54, 1.807) is 4.90 Å². The van der Waals surface area contributed by atoms with Gasteiger partial charge in [0.2, 0.25) is 5.82 Å². The Morgan fingerprint density at radius 1 is 0.972 bits per heavy atom. The summed E-state index contributed by atoms with van der Waals surface area (Å²) in [5, 5.41) is 9.31. The summed E-state index contributed by atoms with van der Waals surface area (Å²) in [4.78, 5) is 20.6. The van der Waals surface area contributed by atoms with Crippen molar-refractivity contribution in [3.05, 3.63) is 65.7 Å². The lowest BCUT2D eigenvalue weighted by Gasteiger charge is -2.33. The van der Waals surface area contributed by atoms with Crippen LogP contribution in [-0.2, 0) is 27.4 Å². The summed E-state index contributed by atoms with van der Waals surface area (Å²) in [6.45, 7) is 0.322. The molecule has 3 aromatic rings. The molecule has 1 aromatic heterocycles. The topological polar surface area (TPSA) is 100 Å². The molecule has 4 rings (SSSR count). The zero-order valence-electron chi connectivity index (χ0n) is 18.7. The summed E-state index contributed by atoms with van der Waals surface area (Å²) >= 11 is 0. The molecule has 0 unspecified atom stereocenters. The van der Waals surface area contributed by atoms with Gasteiger partial charge >= 0.3 is 12.1 Å². The Morgan fingerprint density at radius 2 is 1.56 bits per heavy atom. The molecular weight excluding hydrogens is 502 g/mol. The lowest BCUT2D eigenvalue weighted by Crippen LogP contribution is -2.37. The smallest absolute Gasteiger partial charge is 0.451 e. The van der Waals surface area contributed by atoms with Crippen LogP contribution in [0.4, 0.5) is 23.4 Å². The number of benzene rings is 2. The van der Waals surface area contributed by atoms with Crippen LogP contribution in [0.1, 0.15) is 24.2 Å². The molecule has 0 saturated carbocycles. The summed E-state index contributed by atoms with van der Waals surface area (Å²) < 4.78 is 77.3. The summed E-state index contributed by atoms with van der Waals surface area (Å²) in [6, 6.07) is 11.1. The predicted molar refractivity (Wildman–Crippen MR) is 124 cm³/mol. The Balaban J connectivity index is 1.92. The minimum atomic E-state index is -4.87. The first kappa shape index (κ1) is 25.5. The number of anilines is 1. The standard InChI is InChI=1S/C24H21F4N3O4S/c25-18-7-5-15(6-8-18)19-20(16-3-1-14(2-4-16)13-36(34)35)29-23(24(26,27)28)30-21(19)31-11-9-17(10-12-31)22(32)33/h1-8,17,36H,9-13H2,(H,32,33). The molecule has 1 fully saturated rings. The quantitative estimate of drug-likeness (QED) is 0.365. The fourth-order valence-corrected chi connectivity index (χ4v) is 4.66. The van der Waals surface area contributed by atoms with Gasteiger partial charge in [0.1, 0.15) is 22.3 Å². The molecule has 12 heteroatoms. The molecule has 0 spiro atoms. The number of halogens is 4. The molecule has 2 heterocycles. The van der Waals surface area contributed by atoms with Gasteiger partial charge in [-0.3, -0.25) is 4.79 Å². The van der Waals surface area contributed by atoms with Crippen LogP contribution < -0.4 is 4.90 Å². The van der Waals surface area contributed by atoms with Crippen molar-refractivity contribution in [1.29, 1.82) is 0 Å². The fraction of sp³-hybridized carbons (Fsp3) is 0.292. The van der Waals surface area contributed by atoms with E-state index in [0.717, 1.165) is 0 Å². The third-order valence-corrected chi connectivity index (χ3v) is 6.58. The number of piperidine rings is 1. The molecule has 190 valence electrons. The highest BCUT2D eigenvalue weighted by molar-refractivity contribution is 7.71. The zero-order valence-corrected chi connectivity index (χ0v) is 19.6. The second kappa shape index (κ2) is 10.2. The SMILES string of the molecule is O=C(O)C1CCN(c2nc(C(F)(F)F)nc(-c3ccc(C[SH](=O)=O)cc3)c2-c2ccc(F)cc2)CC1. The molecule has 0 amide bonds. The number of nitrogens with zero attached hydrogens (tertiary/aromatic N) is 3. The number of carbonyl (C=O) groups is 1. The predicted octanol–water partition coefficient (Wildman–Crippen LogP) is 4.38.